The maximum absolute atomic E-state index is 10.1. The van der Waals surface area contributed by atoms with Gasteiger partial charge in [-0.1, -0.05) is 29.8 Å². The second-order valence-corrected chi connectivity index (χ2v) is 5.61. The Morgan fingerprint density at radius 2 is 1.95 bits per heavy atom. The predicted octanol–water partition coefficient (Wildman–Crippen LogP) is 1.97. The van der Waals surface area contributed by atoms with Crippen LogP contribution in [0.4, 0.5) is 0 Å². The quantitative estimate of drug-likeness (QED) is 0.569. The number of hydrogen-bond donors (Lipinski definition) is 3. The fourth-order valence-corrected chi connectivity index (χ4v) is 2.22. The maximum atomic E-state index is 10.1. The molecule has 1 aliphatic rings. The van der Waals surface area contributed by atoms with Crippen LogP contribution in [-0.4, -0.2) is 29.8 Å². The lowest BCUT2D eigenvalue weighted by atomic mass is 9.80. The largest absolute Gasteiger partial charge is 0.388 e. The van der Waals surface area contributed by atoms with Gasteiger partial charge in [-0.25, -0.2) is 4.99 Å². The molecule has 0 radical (unpaired) electrons. The smallest absolute Gasteiger partial charge is 0.191 e. The summed E-state index contributed by atoms with van der Waals surface area (Å²) in [6.45, 7) is 6.16. The van der Waals surface area contributed by atoms with Gasteiger partial charge in [0.1, 0.15) is 0 Å². The summed E-state index contributed by atoms with van der Waals surface area (Å²) in [5, 5.41) is 16.5. The summed E-state index contributed by atoms with van der Waals surface area (Å²) >= 11 is 0. The van der Waals surface area contributed by atoms with Crippen molar-refractivity contribution in [2.45, 2.75) is 45.3 Å². The monoisotopic (exact) mass is 275 g/mol. The minimum atomic E-state index is -0.528. The van der Waals surface area contributed by atoms with Gasteiger partial charge in [-0.3, -0.25) is 0 Å². The number of benzene rings is 1. The number of nitrogens with zero attached hydrogens (tertiary/aromatic N) is 1. The number of aryl methyl sites for hydroxylation is 1. The van der Waals surface area contributed by atoms with Gasteiger partial charge in [0.25, 0.3) is 0 Å². The third kappa shape index (κ3) is 4.23. The second kappa shape index (κ2) is 6.75. The minimum Gasteiger partial charge on any atom is -0.388 e. The van der Waals surface area contributed by atoms with Gasteiger partial charge in [0, 0.05) is 13.1 Å². The Kier molecular flexibility index (Phi) is 5.01. The number of guanidine groups is 1. The molecule has 0 heterocycles. The average Bonchev–Trinajstić information content (AvgIpc) is 2.41. The summed E-state index contributed by atoms with van der Waals surface area (Å²) in [4.78, 5) is 4.56. The van der Waals surface area contributed by atoms with E-state index in [4.69, 9.17) is 0 Å². The van der Waals surface area contributed by atoms with Gasteiger partial charge in [0.15, 0.2) is 5.96 Å². The lowest BCUT2D eigenvalue weighted by Crippen LogP contribution is -2.50. The van der Waals surface area contributed by atoms with Crippen LogP contribution in [-0.2, 0) is 6.54 Å². The van der Waals surface area contributed by atoms with Gasteiger partial charge in [-0.05, 0) is 38.7 Å². The van der Waals surface area contributed by atoms with Crippen molar-refractivity contribution in [3.05, 3.63) is 35.4 Å². The summed E-state index contributed by atoms with van der Waals surface area (Å²) in [6.07, 6.45) is 2.89. The third-order valence-electron chi connectivity index (χ3n) is 3.75. The van der Waals surface area contributed by atoms with Crippen molar-refractivity contribution in [3.63, 3.8) is 0 Å². The van der Waals surface area contributed by atoms with Crippen LogP contribution in [0.15, 0.2) is 29.3 Å². The first-order valence-electron chi connectivity index (χ1n) is 7.41. The molecule has 0 aliphatic heterocycles. The molecule has 0 atom stereocenters. The molecule has 0 bridgehead atoms. The fraction of sp³-hybridized carbons (Fsp3) is 0.562. The van der Waals surface area contributed by atoms with E-state index in [9.17, 15) is 5.11 Å². The second-order valence-electron chi connectivity index (χ2n) is 5.61. The molecule has 0 saturated heterocycles. The van der Waals surface area contributed by atoms with Crippen LogP contribution in [0, 0.1) is 6.92 Å². The van der Waals surface area contributed by atoms with Crippen molar-refractivity contribution in [1.29, 1.82) is 0 Å². The van der Waals surface area contributed by atoms with E-state index in [1.165, 1.54) is 11.1 Å². The van der Waals surface area contributed by atoms with E-state index in [1.807, 2.05) is 6.92 Å². The summed E-state index contributed by atoms with van der Waals surface area (Å²) in [7, 11) is 0. The maximum Gasteiger partial charge on any atom is 0.191 e. The van der Waals surface area contributed by atoms with Crippen LogP contribution in [0.25, 0.3) is 0 Å². The molecular formula is C16H25N3O. The highest BCUT2D eigenvalue weighted by Crippen LogP contribution is 2.30. The van der Waals surface area contributed by atoms with Crippen LogP contribution < -0.4 is 10.6 Å². The molecular weight excluding hydrogens is 250 g/mol. The molecule has 3 N–H and O–H groups in total. The molecule has 0 spiro atoms. The number of rotatable bonds is 5. The Balaban J connectivity index is 1.89. The predicted molar refractivity (Wildman–Crippen MR) is 82.8 cm³/mol. The number of nitrogens with one attached hydrogen (secondary N) is 2. The Labute approximate surface area is 121 Å². The van der Waals surface area contributed by atoms with Gasteiger partial charge in [0.05, 0.1) is 12.1 Å². The van der Waals surface area contributed by atoms with E-state index in [-0.39, 0.29) is 0 Å². The van der Waals surface area contributed by atoms with Crippen LogP contribution in [0.1, 0.15) is 37.3 Å². The molecule has 4 heteroatoms. The van der Waals surface area contributed by atoms with Crippen LogP contribution >= 0.6 is 0 Å². The molecule has 4 nitrogen and oxygen atoms in total. The zero-order valence-corrected chi connectivity index (χ0v) is 12.4. The van der Waals surface area contributed by atoms with Gasteiger partial charge >= 0.3 is 0 Å². The average molecular weight is 275 g/mol. The van der Waals surface area contributed by atoms with E-state index < -0.39 is 5.60 Å². The van der Waals surface area contributed by atoms with Crippen molar-refractivity contribution in [2.24, 2.45) is 4.99 Å². The summed E-state index contributed by atoms with van der Waals surface area (Å²) < 4.78 is 0. The highest BCUT2D eigenvalue weighted by atomic mass is 16.3. The Bertz CT molecular complexity index is 449. The Morgan fingerprint density at radius 1 is 1.25 bits per heavy atom. The molecule has 1 aromatic carbocycles. The standard InChI is InChI=1S/C16H25N3O/c1-3-17-15(19-12-16(20)9-4-10-16)18-11-14-7-5-13(2)6-8-14/h5-8,20H,3-4,9-12H2,1-2H3,(H2,17,18,19). The Hall–Kier alpha value is -1.55. The summed E-state index contributed by atoms with van der Waals surface area (Å²) in [6, 6.07) is 8.40. The highest BCUT2D eigenvalue weighted by molar-refractivity contribution is 5.79. The van der Waals surface area contributed by atoms with E-state index >= 15 is 0 Å². The molecule has 0 unspecified atom stereocenters. The summed E-state index contributed by atoms with van der Waals surface area (Å²) in [5.74, 6) is 0.772. The Morgan fingerprint density at radius 3 is 2.50 bits per heavy atom. The van der Waals surface area contributed by atoms with Crippen molar-refractivity contribution in [3.8, 4) is 0 Å². The first-order valence-corrected chi connectivity index (χ1v) is 7.41. The zero-order valence-electron chi connectivity index (χ0n) is 12.4. The SMILES string of the molecule is CCNC(=NCc1ccc(C)cc1)NCC1(O)CCC1. The molecule has 110 valence electrons. The molecule has 20 heavy (non-hydrogen) atoms. The van der Waals surface area contributed by atoms with Crippen molar-refractivity contribution in [2.75, 3.05) is 13.1 Å². The van der Waals surface area contributed by atoms with Gasteiger partial charge < -0.3 is 15.7 Å². The van der Waals surface area contributed by atoms with E-state index in [0.29, 0.717) is 13.1 Å². The van der Waals surface area contributed by atoms with Gasteiger partial charge in [0.2, 0.25) is 0 Å². The third-order valence-corrected chi connectivity index (χ3v) is 3.75. The molecule has 0 amide bonds. The van der Waals surface area contributed by atoms with Gasteiger partial charge in [-0.15, -0.1) is 0 Å². The molecule has 1 aromatic rings. The molecule has 2 rings (SSSR count). The van der Waals surface area contributed by atoms with Gasteiger partial charge in [-0.2, -0.15) is 0 Å². The number of hydrogen-bond acceptors (Lipinski definition) is 2. The molecule has 1 aliphatic carbocycles. The lowest BCUT2D eigenvalue weighted by Gasteiger charge is -2.36. The normalized spacial score (nSPS) is 17.4. The minimum absolute atomic E-state index is 0.528. The molecule has 1 fully saturated rings. The zero-order chi connectivity index (χ0) is 14.4. The lowest BCUT2D eigenvalue weighted by molar-refractivity contribution is -0.0279. The number of aliphatic hydroxyl groups is 1. The molecule has 0 aromatic heterocycles. The van der Waals surface area contributed by atoms with Crippen LogP contribution in [0.3, 0.4) is 0 Å². The summed E-state index contributed by atoms with van der Waals surface area (Å²) in [5.41, 5.74) is 1.92. The first-order chi connectivity index (χ1) is 9.61. The highest BCUT2D eigenvalue weighted by Gasteiger charge is 2.34. The first kappa shape index (κ1) is 14.9. The van der Waals surface area contributed by atoms with Crippen molar-refractivity contribution in [1.82, 2.24) is 10.6 Å². The topological polar surface area (TPSA) is 56.7 Å². The number of aliphatic imine (C=N–C) groups is 1. The van der Waals surface area contributed by atoms with Crippen LogP contribution in [0.5, 0.6) is 0 Å². The van der Waals surface area contributed by atoms with E-state index in [1.54, 1.807) is 0 Å². The van der Waals surface area contributed by atoms with Crippen molar-refractivity contribution < 1.29 is 5.11 Å². The van der Waals surface area contributed by atoms with Crippen molar-refractivity contribution >= 4 is 5.96 Å². The fourth-order valence-electron chi connectivity index (χ4n) is 2.22. The molecule has 1 saturated carbocycles. The van der Waals surface area contributed by atoms with E-state index in [2.05, 4.69) is 46.8 Å². The van der Waals surface area contributed by atoms with E-state index in [0.717, 1.165) is 31.8 Å². The van der Waals surface area contributed by atoms with Crippen LogP contribution in [0.2, 0.25) is 0 Å².